The molecule has 0 saturated carbocycles. The van der Waals surface area contributed by atoms with E-state index in [4.69, 9.17) is 11.8 Å². The third kappa shape index (κ3) is 5.92. The third-order valence-electron chi connectivity index (χ3n) is 9.01. The molecule has 6 heteroatoms. The number of anilines is 8. The van der Waals surface area contributed by atoms with Crippen molar-refractivity contribution in [3.63, 3.8) is 0 Å². The minimum atomic E-state index is 0. The van der Waals surface area contributed by atoms with Gasteiger partial charge in [-0.1, -0.05) is 47.5 Å². The molecular weight excluding hydrogens is 758 g/mol. The van der Waals surface area contributed by atoms with Crippen LogP contribution in [-0.2, 0) is 21.1 Å². The number of hydrogen-bond donors (Lipinski definition) is 0. The van der Waals surface area contributed by atoms with E-state index in [1.165, 1.54) is 72.9 Å². The molecule has 0 atom stereocenters. The molecule has 5 nitrogen and oxygen atoms in total. The van der Waals surface area contributed by atoms with Crippen molar-refractivity contribution in [3.05, 3.63) is 149 Å². The van der Waals surface area contributed by atoms with Gasteiger partial charge in [-0.05, 0) is 113 Å². The number of benzene rings is 5. The molecule has 0 unspecified atom stereocenters. The molecule has 0 saturated heterocycles. The van der Waals surface area contributed by atoms with E-state index in [9.17, 15) is 0 Å². The number of nitrogens with zero attached hydrogens (tertiary/aromatic N) is 5. The van der Waals surface area contributed by atoms with Gasteiger partial charge in [-0.15, -0.1) is 42.9 Å². The Morgan fingerprint density at radius 3 is 1.28 bits per heavy atom. The molecule has 0 aromatic heterocycles. The van der Waals surface area contributed by atoms with E-state index >= 15 is 0 Å². The zero-order valence-corrected chi connectivity index (χ0v) is 30.5. The summed E-state index contributed by atoms with van der Waals surface area (Å²) in [6.45, 7) is 26.7. The normalized spacial score (nSPS) is 13.1. The van der Waals surface area contributed by atoms with Crippen LogP contribution in [0, 0.1) is 86.6 Å². The Labute approximate surface area is 294 Å². The summed E-state index contributed by atoms with van der Waals surface area (Å²) < 4.78 is 0. The fourth-order valence-electron chi connectivity index (χ4n) is 7.09. The maximum Gasteiger partial charge on any atom is 4.00 e. The minimum absolute atomic E-state index is 0. The van der Waals surface area contributed by atoms with Gasteiger partial charge in [0.15, 0.2) is 0 Å². The molecule has 0 amide bonds. The van der Waals surface area contributed by atoms with E-state index in [0.717, 1.165) is 17.1 Å². The standard InChI is InChI=1S/C40H39N4.CN.Pt/c1-25-16-29(5)39(30(6)17-25)43-23-41(35-14-9-10-15-36(35)43)33-12-11-13-34(22-33)42-24-44(38-21-28(4)27(3)20-37(38)42)40-31(7)18-26(2)19-32(40)8;1-2;/h9-21,23-24H,1-8H3;;/q-3;-1;+4. The Balaban J connectivity index is 0.00000142. The van der Waals surface area contributed by atoms with Crippen LogP contribution in [0.3, 0.4) is 0 Å². The average Bonchev–Trinajstić information content (AvgIpc) is 3.56. The van der Waals surface area contributed by atoms with Gasteiger partial charge in [0.05, 0.1) is 0 Å². The first-order chi connectivity index (χ1) is 22.1. The third-order valence-corrected chi connectivity index (χ3v) is 9.01. The van der Waals surface area contributed by atoms with Gasteiger partial charge >= 0.3 is 21.1 Å². The van der Waals surface area contributed by atoms with Gasteiger partial charge in [-0.25, -0.2) is 0 Å². The molecule has 2 aliphatic heterocycles. The second-order valence-corrected chi connectivity index (χ2v) is 12.5. The van der Waals surface area contributed by atoms with E-state index in [2.05, 4.69) is 173 Å². The summed E-state index contributed by atoms with van der Waals surface area (Å²) in [5.74, 6) is 0. The van der Waals surface area contributed by atoms with Crippen molar-refractivity contribution in [3.8, 4) is 0 Å². The molecular formula is C41H39N5Pt. The first kappa shape index (κ1) is 33.8. The van der Waals surface area contributed by atoms with E-state index in [1.807, 2.05) is 0 Å². The Kier molecular flexibility index (Phi) is 9.57. The topological polar surface area (TPSA) is 36.8 Å². The number of para-hydroxylation sites is 2. The van der Waals surface area contributed by atoms with Crippen molar-refractivity contribution < 1.29 is 21.1 Å². The monoisotopic (exact) mass is 796 g/mol. The predicted octanol–water partition coefficient (Wildman–Crippen LogP) is 10.9. The predicted molar refractivity (Wildman–Crippen MR) is 191 cm³/mol. The Hall–Kier alpha value is -4.52. The Morgan fingerprint density at radius 2 is 0.830 bits per heavy atom. The fraction of sp³-hybridized carbons (Fsp3) is 0.195. The summed E-state index contributed by atoms with van der Waals surface area (Å²) in [6, 6.07) is 32.6. The van der Waals surface area contributed by atoms with Crippen LogP contribution in [0.15, 0.2) is 78.9 Å². The molecule has 7 rings (SSSR count). The summed E-state index contributed by atoms with van der Waals surface area (Å²) >= 11 is 0. The first-order valence-corrected chi connectivity index (χ1v) is 15.6. The largest absolute Gasteiger partial charge is 4.00 e. The number of fused-ring (bicyclic) bond motifs is 2. The van der Waals surface area contributed by atoms with E-state index in [1.54, 1.807) is 0 Å². The molecule has 2 aliphatic rings. The Bertz CT molecular complexity index is 1950. The van der Waals surface area contributed by atoms with Gasteiger partial charge in [-0.2, -0.15) is 6.07 Å². The molecule has 0 N–H and O–H groups in total. The molecule has 0 fully saturated rings. The van der Waals surface area contributed by atoms with E-state index in [0.29, 0.717) is 0 Å². The van der Waals surface area contributed by atoms with Gasteiger partial charge in [0.25, 0.3) is 0 Å². The van der Waals surface area contributed by atoms with Crippen LogP contribution in [0.4, 0.5) is 45.5 Å². The van der Waals surface area contributed by atoms with Crippen molar-refractivity contribution in [2.75, 3.05) is 19.6 Å². The van der Waals surface area contributed by atoms with Crippen LogP contribution in [0.1, 0.15) is 44.5 Å². The van der Waals surface area contributed by atoms with Crippen molar-refractivity contribution in [2.45, 2.75) is 55.4 Å². The van der Waals surface area contributed by atoms with E-state index < -0.39 is 0 Å². The SMILES string of the molecule is Cc1cc(C)c(N2[CH-]N(c3[c-]c(N4[CH-]N(c5c(C)cc(C)cc5C)c5cc(C)c(C)cc54)ccc3)c3ccccc32)c(C)c1.[C-]#N.[Pt+4]. The average molecular weight is 797 g/mol. The van der Waals surface area contributed by atoms with Crippen LogP contribution in [-0.4, -0.2) is 0 Å². The van der Waals surface area contributed by atoms with Crippen LogP contribution >= 0.6 is 0 Å². The number of rotatable bonds is 4. The summed E-state index contributed by atoms with van der Waals surface area (Å²) in [7, 11) is 0. The van der Waals surface area contributed by atoms with Gasteiger partial charge < -0.3 is 31.4 Å². The summed E-state index contributed by atoms with van der Waals surface area (Å²) in [5.41, 5.74) is 19.3. The van der Waals surface area contributed by atoms with Crippen molar-refractivity contribution in [2.24, 2.45) is 0 Å². The second kappa shape index (κ2) is 13.3. The Morgan fingerprint density at radius 1 is 0.468 bits per heavy atom. The molecule has 5 aromatic rings. The molecule has 0 aliphatic carbocycles. The maximum atomic E-state index is 6.25. The van der Waals surface area contributed by atoms with Gasteiger partial charge in [0, 0.05) is 34.1 Å². The van der Waals surface area contributed by atoms with Crippen LogP contribution in [0.5, 0.6) is 0 Å². The molecule has 0 spiro atoms. The molecule has 0 bridgehead atoms. The van der Waals surface area contributed by atoms with Crippen molar-refractivity contribution >= 4 is 45.5 Å². The van der Waals surface area contributed by atoms with Gasteiger partial charge in [0.1, 0.15) is 0 Å². The zero-order valence-electron chi connectivity index (χ0n) is 28.2. The van der Waals surface area contributed by atoms with Gasteiger partial charge in [-0.3, -0.25) is 0 Å². The second-order valence-electron chi connectivity index (χ2n) is 12.5. The van der Waals surface area contributed by atoms with Gasteiger partial charge in [0.2, 0.25) is 0 Å². The van der Waals surface area contributed by atoms with Crippen molar-refractivity contribution in [1.82, 2.24) is 0 Å². The van der Waals surface area contributed by atoms with Crippen LogP contribution in [0.25, 0.3) is 0 Å². The van der Waals surface area contributed by atoms with Crippen LogP contribution < -0.4 is 19.6 Å². The summed E-state index contributed by atoms with van der Waals surface area (Å²) in [4.78, 5) is 9.24. The molecule has 47 heavy (non-hydrogen) atoms. The molecule has 2 heterocycles. The smallest absolute Gasteiger partial charge is 0.512 e. The number of aryl methyl sites for hydroxylation is 8. The zero-order chi connectivity index (χ0) is 32.9. The molecule has 5 aromatic carbocycles. The fourth-order valence-corrected chi connectivity index (χ4v) is 7.09. The first-order valence-electron chi connectivity index (χ1n) is 15.6. The minimum Gasteiger partial charge on any atom is -0.512 e. The maximum absolute atomic E-state index is 6.25. The van der Waals surface area contributed by atoms with Crippen molar-refractivity contribution in [1.29, 1.82) is 5.26 Å². The summed E-state index contributed by atoms with van der Waals surface area (Å²) in [6.07, 6.45) is 0. The van der Waals surface area contributed by atoms with E-state index in [-0.39, 0.29) is 21.1 Å². The summed E-state index contributed by atoms with van der Waals surface area (Å²) in [5, 5.41) is 6.25. The quantitative estimate of drug-likeness (QED) is 0.169. The molecule has 0 radical (unpaired) electrons. The molecule has 238 valence electrons. The van der Waals surface area contributed by atoms with Crippen LogP contribution in [0.2, 0.25) is 0 Å². The number of hydrogen-bond acceptors (Lipinski definition) is 5.